The zero-order valence-electron chi connectivity index (χ0n) is 23.0. The van der Waals surface area contributed by atoms with Crippen molar-refractivity contribution in [2.45, 2.75) is 63.7 Å². The molecule has 8 nitrogen and oxygen atoms in total. The van der Waals surface area contributed by atoms with Gasteiger partial charge in [0.1, 0.15) is 18.0 Å². The molecule has 2 atom stereocenters. The number of carbonyl (C=O) groups excluding carboxylic acids is 1. The van der Waals surface area contributed by atoms with E-state index in [1.807, 2.05) is 42.2 Å². The lowest BCUT2D eigenvalue weighted by molar-refractivity contribution is -0.140. The van der Waals surface area contributed by atoms with E-state index in [2.05, 4.69) is 4.90 Å². The van der Waals surface area contributed by atoms with Gasteiger partial charge < -0.3 is 29.3 Å². The summed E-state index contributed by atoms with van der Waals surface area (Å²) in [5, 5.41) is 22.3. The van der Waals surface area contributed by atoms with Crippen molar-refractivity contribution >= 4 is 17.5 Å². The lowest BCUT2D eigenvalue weighted by Gasteiger charge is -2.42. The Morgan fingerprint density at radius 2 is 1.90 bits per heavy atom. The summed E-state index contributed by atoms with van der Waals surface area (Å²) in [4.78, 5) is 16.2. The molecule has 2 heterocycles. The minimum absolute atomic E-state index is 0.0625. The number of hydrogen-bond donors (Lipinski definition) is 2. The molecule has 214 valence electrons. The SMILES string of the molecule is COc1cc(CN2CC[C@H](O)[C@@](O)(COc3cc(C)ccc3Cl)C2)ccc1OCCCN1CCCCCC1=O. The molecular weight excluding hydrogens is 520 g/mol. The van der Waals surface area contributed by atoms with Crippen LogP contribution in [0.25, 0.3) is 0 Å². The van der Waals surface area contributed by atoms with Gasteiger partial charge in [0.05, 0.1) is 24.8 Å². The number of carbonyl (C=O) groups is 1. The van der Waals surface area contributed by atoms with E-state index in [9.17, 15) is 15.0 Å². The summed E-state index contributed by atoms with van der Waals surface area (Å²) >= 11 is 6.24. The fourth-order valence-corrected chi connectivity index (χ4v) is 5.42. The number of piperidine rings is 1. The average Bonchev–Trinajstić information content (AvgIpc) is 3.13. The molecule has 2 aliphatic rings. The van der Waals surface area contributed by atoms with Crippen LogP contribution in [0.1, 0.15) is 49.7 Å². The van der Waals surface area contributed by atoms with Crippen LogP contribution < -0.4 is 14.2 Å². The number of hydrogen-bond acceptors (Lipinski definition) is 7. The number of β-amino-alcohol motifs (C(OH)–C–C–N with tert-alkyl or cyclic N) is 1. The topological polar surface area (TPSA) is 91.7 Å². The maximum atomic E-state index is 12.2. The number of aryl methyl sites for hydroxylation is 1. The van der Waals surface area contributed by atoms with E-state index in [0.717, 1.165) is 43.4 Å². The number of likely N-dealkylation sites (tertiary alicyclic amines) is 2. The van der Waals surface area contributed by atoms with E-state index in [0.29, 0.717) is 61.4 Å². The Hall–Kier alpha value is -2.52. The molecule has 9 heteroatoms. The van der Waals surface area contributed by atoms with Gasteiger partial charge in [0.25, 0.3) is 0 Å². The van der Waals surface area contributed by atoms with E-state index >= 15 is 0 Å². The molecule has 0 aromatic heterocycles. The highest BCUT2D eigenvalue weighted by Gasteiger charge is 2.42. The highest BCUT2D eigenvalue weighted by Crippen LogP contribution is 2.31. The van der Waals surface area contributed by atoms with Gasteiger partial charge in [0.2, 0.25) is 5.91 Å². The standard InChI is InChI=1S/C30H41ClN2O6/c1-22-8-10-24(31)26(17-22)39-21-30(36)20-32(15-12-28(30)34)19-23-9-11-25(27(18-23)37-2)38-16-6-14-33-13-5-3-4-7-29(33)35/h8-11,17-18,28,34,36H,3-7,12-16,19-21H2,1-2H3/t28-,30-/m0/s1. The normalized spacial score (nSPS) is 22.4. The van der Waals surface area contributed by atoms with E-state index in [-0.39, 0.29) is 19.1 Å². The fourth-order valence-electron chi connectivity index (χ4n) is 5.25. The number of amides is 1. The first-order valence-electron chi connectivity index (χ1n) is 13.9. The van der Waals surface area contributed by atoms with E-state index < -0.39 is 11.7 Å². The molecule has 4 rings (SSSR count). The first-order chi connectivity index (χ1) is 18.8. The largest absolute Gasteiger partial charge is 0.493 e. The molecule has 0 unspecified atom stereocenters. The van der Waals surface area contributed by atoms with E-state index in [1.165, 1.54) is 0 Å². The van der Waals surface area contributed by atoms with Crippen molar-refractivity contribution in [2.24, 2.45) is 0 Å². The van der Waals surface area contributed by atoms with Gasteiger partial charge in [-0.25, -0.2) is 0 Å². The number of rotatable bonds is 11. The lowest BCUT2D eigenvalue weighted by Crippen LogP contribution is -2.59. The van der Waals surface area contributed by atoms with Gasteiger partial charge in [-0.1, -0.05) is 30.2 Å². The molecule has 0 aliphatic carbocycles. The van der Waals surface area contributed by atoms with Crippen molar-refractivity contribution in [3.05, 3.63) is 52.5 Å². The summed E-state index contributed by atoms with van der Waals surface area (Å²) in [5.41, 5.74) is 0.588. The number of ether oxygens (including phenoxy) is 3. The smallest absolute Gasteiger partial charge is 0.222 e. The maximum absolute atomic E-state index is 12.2. The highest BCUT2D eigenvalue weighted by molar-refractivity contribution is 6.32. The van der Waals surface area contributed by atoms with Crippen LogP contribution in [-0.2, 0) is 11.3 Å². The van der Waals surface area contributed by atoms with Crippen molar-refractivity contribution in [2.75, 3.05) is 46.5 Å². The zero-order chi connectivity index (χ0) is 27.8. The van der Waals surface area contributed by atoms with Crippen LogP contribution in [0, 0.1) is 6.92 Å². The Kier molecular flexibility index (Phi) is 10.4. The van der Waals surface area contributed by atoms with Gasteiger partial charge >= 0.3 is 0 Å². The van der Waals surface area contributed by atoms with E-state index in [1.54, 1.807) is 13.2 Å². The van der Waals surface area contributed by atoms with Crippen LogP contribution in [0.15, 0.2) is 36.4 Å². The van der Waals surface area contributed by atoms with Crippen molar-refractivity contribution in [3.8, 4) is 17.2 Å². The molecule has 0 bridgehead atoms. The van der Waals surface area contributed by atoms with Gasteiger partial charge in [0, 0.05) is 39.1 Å². The van der Waals surface area contributed by atoms with E-state index in [4.69, 9.17) is 25.8 Å². The number of halogens is 1. The van der Waals surface area contributed by atoms with Crippen LogP contribution >= 0.6 is 11.6 Å². The Bertz CT molecular complexity index is 1110. The molecule has 2 fully saturated rings. The summed E-state index contributed by atoms with van der Waals surface area (Å²) in [6.45, 7) is 5.41. The second-order valence-electron chi connectivity index (χ2n) is 10.7. The van der Waals surface area contributed by atoms with Crippen LogP contribution in [0.2, 0.25) is 5.02 Å². The molecule has 2 aromatic rings. The van der Waals surface area contributed by atoms with Crippen molar-refractivity contribution < 1.29 is 29.2 Å². The minimum atomic E-state index is -1.42. The summed E-state index contributed by atoms with van der Waals surface area (Å²) in [5.74, 6) is 2.05. The molecule has 2 aromatic carbocycles. The van der Waals surface area contributed by atoms with Crippen LogP contribution in [-0.4, -0.2) is 84.1 Å². The molecule has 2 saturated heterocycles. The lowest BCUT2D eigenvalue weighted by atomic mass is 9.90. The third-order valence-corrected chi connectivity index (χ3v) is 7.85. The molecule has 0 radical (unpaired) electrons. The van der Waals surface area contributed by atoms with Gasteiger partial charge in [0.15, 0.2) is 11.5 Å². The first kappa shape index (κ1) is 29.5. The summed E-state index contributed by atoms with van der Waals surface area (Å²) < 4.78 is 17.4. The van der Waals surface area contributed by atoms with Gasteiger partial charge in [-0.3, -0.25) is 9.69 Å². The fraction of sp³-hybridized carbons (Fsp3) is 0.567. The second-order valence-corrected chi connectivity index (χ2v) is 11.1. The van der Waals surface area contributed by atoms with Crippen molar-refractivity contribution in [1.29, 1.82) is 0 Å². The quantitative estimate of drug-likeness (QED) is 0.398. The molecule has 2 aliphatic heterocycles. The molecule has 0 saturated carbocycles. The first-order valence-corrected chi connectivity index (χ1v) is 14.2. The summed E-state index contributed by atoms with van der Waals surface area (Å²) in [7, 11) is 1.62. The maximum Gasteiger partial charge on any atom is 0.222 e. The van der Waals surface area contributed by atoms with Crippen LogP contribution in [0.5, 0.6) is 17.2 Å². The molecule has 0 spiro atoms. The monoisotopic (exact) mass is 560 g/mol. The molecule has 39 heavy (non-hydrogen) atoms. The van der Waals surface area contributed by atoms with Crippen molar-refractivity contribution in [3.63, 3.8) is 0 Å². The molecular formula is C30H41ClN2O6. The Morgan fingerprint density at radius 3 is 2.72 bits per heavy atom. The number of benzene rings is 2. The third kappa shape index (κ3) is 8.01. The van der Waals surface area contributed by atoms with Crippen LogP contribution in [0.3, 0.4) is 0 Å². The van der Waals surface area contributed by atoms with Gasteiger partial charge in [-0.05, 0) is 68.0 Å². The molecule has 1 amide bonds. The number of aliphatic hydroxyl groups excluding tert-OH is 1. The summed E-state index contributed by atoms with van der Waals surface area (Å²) in [6, 6.07) is 11.3. The minimum Gasteiger partial charge on any atom is -0.493 e. The molecule has 2 N–H and O–H groups in total. The predicted octanol–water partition coefficient (Wildman–Crippen LogP) is 4.21. The van der Waals surface area contributed by atoms with Crippen molar-refractivity contribution in [1.82, 2.24) is 9.80 Å². The van der Waals surface area contributed by atoms with Gasteiger partial charge in [-0.2, -0.15) is 0 Å². The Balaban J connectivity index is 1.30. The third-order valence-electron chi connectivity index (χ3n) is 7.54. The number of nitrogens with zero attached hydrogens (tertiary/aromatic N) is 2. The Morgan fingerprint density at radius 1 is 1.05 bits per heavy atom. The predicted molar refractivity (Wildman–Crippen MR) is 151 cm³/mol. The number of methoxy groups -OCH3 is 1. The summed E-state index contributed by atoms with van der Waals surface area (Å²) in [6.07, 6.45) is 4.13. The Labute approximate surface area is 236 Å². The number of aliphatic hydroxyl groups is 2. The second kappa shape index (κ2) is 13.7. The average molecular weight is 561 g/mol. The zero-order valence-corrected chi connectivity index (χ0v) is 23.8. The van der Waals surface area contributed by atoms with Crippen LogP contribution in [0.4, 0.5) is 0 Å². The highest BCUT2D eigenvalue weighted by atomic mass is 35.5. The van der Waals surface area contributed by atoms with Gasteiger partial charge in [-0.15, -0.1) is 0 Å².